The Bertz CT molecular complexity index is 453. The van der Waals surface area contributed by atoms with Crippen LogP contribution in [0.3, 0.4) is 0 Å². The number of carbonyl (C=O) groups is 1. The third kappa shape index (κ3) is 6.92. The van der Waals surface area contributed by atoms with Gasteiger partial charge in [0.1, 0.15) is 11.8 Å². The maximum Gasteiger partial charge on any atom is 0.381 e. The number of nitrogens with one attached hydrogen (secondary N) is 1. The van der Waals surface area contributed by atoms with E-state index in [2.05, 4.69) is 11.7 Å². The van der Waals surface area contributed by atoms with Gasteiger partial charge in [0.2, 0.25) is 0 Å². The van der Waals surface area contributed by atoms with Crippen molar-refractivity contribution in [3.05, 3.63) is 43.2 Å². The van der Waals surface area contributed by atoms with Crippen LogP contribution in [-0.4, -0.2) is 18.1 Å². The van der Waals surface area contributed by atoms with E-state index in [4.69, 9.17) is 13.8 Å². The Labute approximate surface area is 133 Å². The summed E-state index contributed by atoms with van der Waals surface area (Å²) in [5, 5.41) is 3.08. The Hall–Kier alpha value is -1.58. The lowest BCUT2D eigenvalue weighted by atomic mass is 10.2. The lowest BCUT2D eigenvalue weighted by molar-refractivity contribution is -0.149. The molecule has 0 fully saturated rings. The number of para-hydroxylation sites is 1. The summed E-state index contributed by atoms with van der Waals surface area (Å²) in [5.41, 5.74) is 0. The van der Waals surface area contributed by atoms with Crippen LogP contribution in [-0.2, 0) is 14.1 Å². The summed E-state index contributed by atoms with van der Waals surface area (Å²) >= 11 is 0. The number of esters is 1. The molecule has 1 N–H and O–H groups in total. The van der Waals surface area contributed by atoms with Gasteiger partial charge in [0, 0.05) is 0 Å². The number of rotatable bonds is 10. The molecule has 0 aliphatic heterocycles. The van der Waals surface area contributed by atoms with Crippen molar-refractivity contribution in [1.82, 2.24) is 5.09 Å². The van der Waals surface area contributed by atoms with E-state index in [-0.39, 0.29) is 12.1 Å². The van der Waals surface area contributed by atoms with Gasteiger partial charge in [0.05, 0.1) is 12.4 Å². The first-order valence-corrected chi connectivity index (χ1v) is 8.52. The van der Waals surface area contributed by atoms with Gasteiger partial charge in [0.25, 0.3) is 0 Å². The molecule has 0 radical (unpaired) electrons. The Morgan fingerprint density at radius 1 is 1.36 bits per heavy atom. The van der Waals surface area contributed by atoms with Gasteiger partial charge in [-0.1, -0.05) is 38.1 Å². The van der Waals surface area contributed by atoms with Crippen molar-refractivity contribution < 1.29 is 18.6 Å². The van der Waals surface area contributed by atoms with Crippen LogP contribution in [0.2, 0.25) is 0 Å². The highest BCUT2D eigenvalue weighted by Crippen LogP contribution is 2.36. The predicted octanol–water partition coefficient (Wildman–Crippen LogP) is 4.16. The third-order valence-electron chi connectivity index (χ3n) is 2.58. The molecule has 0 saturated heterocycles. The summed E-state index contributed by atoms with van der Waals surface area (Å²) < 4.78 is 16.4. The van der Waals surface area contributed by atoms with E-state index in [0.717, 1.165) is 6.42 Å². The van der Waals surface area contributed by atoms with Crippen molar-refractivity contribution in [2.24, 2.45) is 0 Å². The van der Waals surface area contributed by atoms with Gasteiger partial charge >= 0.3 is 14.5 Å². The largest absolute Gasteiger partial charge is 0.462 e. The van der Waals surface area contributed by atoms with Crippen molar-refractivity contribution in [3.63, 3.8) is 0 Å². The van der Waals surface area contributed by atoms with Crippen molar-refractivity contribution >= 4 is 14.5 Å². The van der Waals surface area contributed by atoms with Gasteiger partial charge < -0.3 is 13.8 Å². The molecule has 0 amide bonds. The smallest absolute Gasteiger partial charge is 0.381 e. The SMILES string of the molecule is C=COP(N[C@H](CCC)C(=O)OC(C)C)Oc1ccccc1. The Balaban J connectivity index is 2.71. The zero-order valence-electron chi connectivity index (χ0n) is 13.3. The molecule has 5 nitrogen and oxygen atoms in total. The van der Waals surface area contributed by atoms with Crippen molar-refractivity contribution in [2.45, 2.75) is 45.8 Å². The monoisotopic (exact) mass is 325 g/mol. The van der Waals surface area contributed by atoms with Crippen LogP contribution in [0.25, 0.3) is 0 Å². The number of ether oxygens (including phenoxy) is 1. The van der Waals surface area contributed by atoms with Gasteiger partial charge in [0.15, 0.2) is 0 Å². The van der Waals surface area contributed by atoms with Crippen LogP contribution in [0, 0.1) is 0 Å². The van der Waals surface area contributed by atoms with Crippen LogP contribution in [0.5, 0.6) is 5.75 Å². The van der Waals surface area contributed by atoms with E-state index in [0.29, 0.717) is 12.2 Å². The van der Waals surface area contributed by atoms with Gasteiger partial charge in [-0.15, -0.1) is 0 Å². The Morgan fingerprint density at radius 2 is 2.05 bits per heavy atom. The van der Waals surface area contributed by atoms with E-state index in [1.54, 1.807) is 0 Å². The van der Waals surface area contributed by atoms with Crippen molar-refractivity contribution in [3.8, 4) is 5.75 Å². The number of hydrogen-bond acceptors (Lipinski definition) is 5. The molecule has 0 aromatic heterocycles. The zero-order valence-corrected chi connectivity index (χ0v) is 14.2. The van der Waals surface area contributed by atoms with Crippen LogP contribution in [0.4, 0.5) is 0 Å². The fourth-order valence-corrected chi connectivity index (χ4v) is 2.78. The number of carbonyl (C=O) groups excluding carboxylic acids is 1. The maximum absolute atomic E-state index is 12.1. The van der Waals surface area contributed by atoms with E-state index in [9.17, 15) is 4.79 Å². The van der Waals surface area contributed by atoms with Gasteiger partial charge in [-0.05, 0) is 32.4 Å². The summed E-state index contributed by atoms with van der Waals surface area (Å²) in [6.45, 7) is 9.20. The highest BCUT2D eigenvalue weighted by Gasteiger charge is 2.26. The average molecular weight is 325 g/mol. The molecule has 1 rings (SSSR count). The van der Waals surface area contributed by atoms with Crippen LogP contribution in [0.15, 0.2) is 43.2 Å². The molecule has 0 aliphatic carbocycles. The van der Waals surface area contributed by atoms with Crippen LogP contribution in [0.1, 0.15) is 33.6 Å². The summed E-state index contributed by atoms with van der Waals surface area (Å²) in [5.74, 6) is 0.365. The quantitative estimate of drug-likeness (QED) is 0.398. The second kappa shape index (κ2) is 10.2. The normalized spacial score (nSPS) is 13.3. The molecule has 0 heterocycles. The second-order valence-electron chi connectivity index (χ2n) is 4.89. The lowest BCUT2D eigenvalue weighted by Crippen LogP contribution is -2.37. The molecule has 2 atom stereocenters. The standard InChI is InChI=1S/C16H24NO4P/c1-5-10-15(16(18)20-13(3)4)17-22(19-6-2)21-14-11-8-7-9-12-14/h6-9,11-13,15,17H,2,5,10H2,1,3-4H3/t15-,22?/m1/s1. The third-order valence-corrected chi connectivity index (χ3v) is 3.82. The molecule has 122 valence electrons. The van der Waals surface area contributed by atoms with Crippen molar-refractivity contribution in [2.75, 3.05) is 0 Å². The van der Waals surface area contributed by atoms with E-state index in [1.165, 1.54) is 6.26 Å². The maximum atomic E-state index is 12.1. The Kier molecular flexibility index (Phi) is 8.56. The summed E-state index contributed by atoms with van der Waals surface area (Å²) in [6.07, 6.45) is 2.63. The second-order valence-corrected chi connectivity index (χ2v) is 6.06. The first-order chi connectivity index (χ1) is 10.6. The molecule has 22 heavy (non-hydrogen) atoms. The topological polar surface area (TPSA) is 56.8 Å². The van der Waals surface area contributed by atoms with Crippen LogP contribution < -0.4 is 9.61 Å². The van der Waals surface area contributed by atoms with Crippen molar-refractivity contribution in [1.29, 1.82) is 0 Å². The average Bonchev–Trinajstić information content (AvgIpc) is 2.47. The van der Waals surface area contributed by atoms with Gasteiger partial charge in [-0.2, -0.15) is 0 Å². The number of benzene rings is 1. The van der Waals surface area contributed by atoms with E-state index < -0.39 is 14.6 Å². The first-order valence-electron chi connectivity index (χ1n) is 7.34. The minimum atomic E-state index is -1.51. The summed E-state index contributed by atoms with van der Waals surface area (Å²) in [7, 11) is -1.51. The Morgan fingerprint density at radius 3 is 2.59 bits per heavy atom. The molecular weight excluding hydrogens is 301 g/mol. The molecule has 0 saturated carbocycles. The van der Waals surface area contributed by atoms with Crippen LogP contribution >= 0.6 is 8.53 Å². The molecule has 1 aromatic carbocycles. The fraction of sp³-hybridized carbons (Fsp3) is 0.438. The van der Waals surface area contributed by atoms with Gasteiger partial charge in [-0.3, -0.25) is 4.79 Å². The number of hydrogen-bond donors (Lipinski definition) is 1. The molecule has 0 aliphatic rings. The van der Waals surface area contributed by atoms with Gasteiger partial charge in [-0.25, -0.2) is 5.09 Å². The molecule has 1 unspecified atom stereocenters. The highest BCUT2D eigenvalue weighted by atomic mass is 31.2. The molecule has 0 bridgehead atoms. The first kappa shape index (κ1) is 18.5. The van der Waals surface area contributed by atoms with E-state index >= 15 is 0 Å². The molecule has 6 heteroatoms. The molecule has 1 aromatic rings. The molecule has 0 spiro atoms. The van der Waals surface area contributed by atoms with E-state index in [1.807, 2.05) is 51.1 Å². The minimum absolute atomic E-state index is 0.157. The highest BCUT2D eigenvalue weighted by molar-refractivity contribution is 7.45. The summed E-state index contributed by atoms with van der Waals surface area (Å²) in [4.78, 5) is 12.1. The minimum Gasteiger partial charge on any atom is -0.462 e. The fourth-order valence-electron chi connectivity index (χ4n) is 1.69. The lowest BCUT2D eigenvalue weighted by Gasteiger charge is -2.23. The zero-order chi connectivity index (χ0) is 16.4. The predicted molar refractivity (Wildman–Crippen MR) is 88.3 cm³/mol. The molecular formula is C16H24NO4P. The summed E-state index contributed by atoms with van der Waals surface area (Å²) in [6, 6.07) is 8.81.